The molecule has 1 nitrogen and oxygen atoms in total. The molecule has 0 aromatic rings. The Balaban J connectivity index is 2.57. The van der Waals surface area contributed by atoms with Crippen molar-refractivity contribution in [2.75, 3.05) is 0 Å². The van der Waals surface area contributed by atoms with Crippen molar-refractivity contribution < 1.29 is 5.11 Å². The van der Waals surface area contributed by atoms with Crippen LogP contribution in [0.1, 0.15) is 39.5 Å². The van der Waals surface area contributed by atoms with Gasteiger partial charge in [-0.25, -0.2) is 0 Å². The molecule has 0 aromatic heterocycles. The molecular weight excluding hydrogens is 124 g/mol. The molecule has 0 aliphatic heterocycles. The Bertz CT molecular complexity index is 145. The molecule has 0 aromatic carbocycles. The highest BCUT2D eigenvalue weighted by atomic mass is 16.3. The third-order valence-corrected chi connectivity index (χ3v) is 2.18. The Hall–Kier alpha value is -0.300. The Morgan fingerprint density at radius 2 is 2.30 bits per heavy atom. The summed E-state index contributed by atoms with van der Waals surface area (Å²) in [6.07, 6.45) is 6.23. The summed E-state index contributed by atoms with van der Waals surface area (Å²) < 4.78 is 0. The number of aliphatic hydroxyl groups is 1. The quantitative estimate of drug-likeness (QED) is 0.512. The highest BCUT2D eigenvalue weighted by molar-refractivity contribution is 5.03. The SMILES string of the molecule is CC1=CCC(C)(O)CCC1. The topological polar surface area (TPSA) is 20.2 Å². The van der Waals surface area contributed by atoms with Gasteiger partial charge in [-0.1, -0.05) is 11.6 Å². The van der Waals surface area contributed by atoms with Crippen LogP contribution in [0.5, 0.6) is 0 Å². The van der Waals surface area contributed by atoms with Crippen LogP contribution in [-0.2, 0) is 0 Å². The highest BCUT2D eigenvalue weighted by Crippen LogP contribution is 2.24. The summed E-state index contributed by atoms with van der Waals surface area (Å²) in [5.41, 5.74) is 0.996. The maximum absolute atomic E-state index is 9.63. The van der Waals surface area contributed by atoms with Gasteiger partial charge in [0.2, 0.25) is 0 Å². The molecule has 0 heterocycles. The summed E-state index contributed by atoms with van der Waals surface area (Å²) in [4.78, 5) is 0. The van der Waals surface area contributed by atoms with Gasteiger partial charge in [-0.2, -0.15) is 0 Å². The van der Waals surface area contributed by atoms with E-state index < -0.39 is 5.60 Å². The van der Waals surface area contributed by atoms with Crippen LogP contribution < -0.4 is 0 Å². The van der Waals surface area contributed by atoms with E-state index in [0.717, 1.165) is 25.7 Å². The van der Waals surface area contributed by atoms with Crippen molar-refractivity contribution in [2.24, 2.45) is 0 Å². The Labute approximate surface area is 62.8 Å². The second-order valence-corrected chi connectivity index (χ2v) is 3.61. The fourth-order valence-corrected chi connectivity index (χ4v) is 1.35. The average Bonchev–Trinajstić information content (AvgIpc) is 1.94. The van der Waals surface area contributed by atoms with Gasteiger partial charge in [-0.15, -0.1) is 0 Å². The molecule has 0 saturated carbocycles. The number of hydrogen-bond acceptors (Lipinski definition) is 1. The largest absolute Gasteiger partial charge is 0.390 e. The van der Waals surface area contributed by atoms with Gasteiger partial charge in [-0.05, 0) is 39.5 Å². The maximum Gasteiger partial charge on any atom is 0.0654 e. The van der Waals surface area contributed by atoms with Crippen LogP contribution >= 0.6 is 0 Å². The molecule has 1 heteroatoms. The molecule has 0 amide bonds. The Morgan fingerprint density at radius 1 is 1.60 bits per heavy atom. The second-order valence-electron chi connectivity index (χ2n) is 3.61. The first-order chi connectivity index (χ1) is 4.60. The minimum absolute atomic E-state index is 0.433. The van der Waals surface area contributed by atoms with E-state index in [1.165, 1.54) is 5.57 Å². The summed E-state index contributed by atoms with van der Waals surface area (Å²) >= 11 is 0. The molecule has 0 radical (unpaired) electrons. The lowest BCUT2D eigenvalue weighted by atomic mass is 9.98. The first-order valence-electron chi connectivity index (χ1n) is 3.98. The Morgan fingerprint density at radius 3 is 3.00 bits per heavy atom. The van der Waals surface area contributed by atoms with Crippen molar-refractivity contribution in [2.45, 2.75) is 45.1 Å². The van der Waals surface area contributed by atoms with Crippen molar-refractivity contribution in [1.29, 1.82) is 0 Å². The molecule has 58 valence electrons. The molecule has 1 rings (SSSR count). The van der Waals surface area contributed by atoms with Crippen molar-refractivity contribution in [3.8, 4) is 0 Å². The average molecular weight is 140 g/mol. The number of hydrogen-bond donors (Lipinski definition) is 1. The Kier molecular flexibility index (Phi) is 2.14. The van der Waals surface area contributed by atoms with Crippen LogP contribution in [0.25, 0.3) is 0 Å². The fourth-order valence-electron chi connectivity index (χ4n) is 1.35. The number of allylic oxidation sites excluding steroid dienone is 1. The highest BCUT2D eigenvalue weighted by Gasteiger charge is 2.20. The van der Waals surface area contributed by atoms with Gasteiger partial charge < -0.3 is 5.11 Å². The predicted octanol–water partition coefficient (Wildman–Crippen LogP) is 2.26. The zero-order valence-corrected chi connectivity index (χ0v) is 6.85. The van der Waals surface area contributed by atoms with Gasteiger partial charge in [0, 0.05) is 0 Å². The lowest BCUT2D eigenvalue weighted by Crippen LogP contribution is -2.21. The van der Waals surface area contributed by atoms with E-state index >= 15 is 0 Å². The van der Waals surface area contributed by atoms with Crippen LogP contribution in [0, 0.1) is 0 Å². The first-order valence-corrected chi connectivity index (χ1v) is 3.98. The first kappa shape index (κ1) is 7.80. The molecule has 0 saturated heterocycles. The van der Waals surface area contributed by atoms with Crippen molar-refractivity contribution in [1.82, 2.24) is 0 Å². The minimum atomic E-state index is -0.433. The van der Waals surface area contributed by atoms with Crippen LogP contribution in [0.2, 0.25) is 0 Å². The standard InChI is InChI=1S/C9H16O/c1-8-4-3-6-9(2,10)7-5-8/h5,10H,3-4,6-7H2,1-2H3. The van der Waals surface area contributed by atoms with Gasteiger partial charge >= 0.3 is 0 Å². The normalized spacial score (nSPS) is 34.9. The van der Waals surface area contributed by atoms with Crippen molar-refractivity contribution >= 4 is 0 Å². The molecule has 0 spiro atoms. The minimum Gasteiger partial charge on any atom is -0.390 e. The van der Waals surface area contributed by atoms with E-state index in [-0.39, 0.29) is 0 Å². The lowest BCUT2D eigenvalue weighted by molar-refractivity contribution is 0.0541. The molecule has 10 heavy (non-hydrogen) atoms. The number of rotatable bonds is 0. The van der Waals surface area contributed by atoms with Gasteiger partial charge in [0.05, 0.1) is 5.60 Å². The second kappa shape index (κ2) is 2.75. The van der Waals surface area contributed by atoms with E-state index in [1.54, 1.807) is 0 Å². The fraction of sp³-hybridized carbons (Fsp3) is 0.778. The van der Waals surface area contributed by atoms with Crippen LogP contribution in [0.4, 0.5) is 0 Å². The van der Waals surface area contributed by atoms with E-state index in [9.17, 15) is 5.11 Å². The molecule has 0 bridgehead atoms. The summed E-state index contributed by atoms with van der Waals surface area (Å²) in [7, 11) is 0. The monoisotopic (exact) mass is 140 g/mol. The van der Waals surface area contributed by atoms with Gasteiger partial charge in [0.1, 0.15) is 0 Å². The summed E-state index contributed by atoms with van der Waals surface area (Å²) in [5, 5.41) is 9.63. The van der Waals surface area contributed by atoms with E-state index in [0.29, 0.717) is 0 Å². The summed E-state index contributed by atoms with van der Waals surface area (Å²) in [6.45, 7) is 4.06. The van der Waals surface area contributed by atoms with Crippen LogP contribution in [0.15, 0.2) is 11.6 Å². The van der Waals surface area contributed by atoms with Gasteiger partial charge in [0.25, 0.3) is 0 Å². The van der Waals surface area contributed by atoms with Gasteiger partial charge in [-0.3, -0.25) is 0 Å². The zero-order valence-electron chi connectivity index (χ0n) is 6.85. The van der Waals surface area contributed by atoms with Crippen LogP contribution in [0.3, 0.4) is 0 Å². The molecule has 1 unspecified atom stereocenters. The third-order valence-electron chi connectivity index (χ3n) is 2.18. The van der Waals surface area contributed by atoms with E-state index in [1.807, 2.05) is 6.92 Å². The maximum atomic E-state index is 9.63. The molecule has 1 N–H and O–H groups in total. The lowest BCUT2D eigenvalue weighted by Gasteiger charge is -2.18. The van der Waals surface area contributed by atoms with Crippen LogP contribution in [-0.4, -0.2) is 10.7 Å². The van der Waals surface area contributed by atoms with Crippen molar-refractivity contribution in [3.05, 3.63) is 11.6 Å². The molecule has 0 fully saturated rings. The third kappa shape index (κ3) is 2.14. The summed E-state index contributed by atoms with van der Waals surface area (Å²) in [6, 6.07) is 0. The van der Waals surface area contributed by atoms with E-state index in [2.05, 4.69) is 13.0 Å². The summed E-state index contributed by atoms with van der Waals surface area (Å²) in [5.74, 6) is 0. The smallest absolute Gasteiger partial charge is 0.0654 e. The molecular formula is C9H16O. The zero-order chi connectivity index (χ0) is 7.61. The molecule has 1 atom stereocenters. The molecule has 1 aliphatic carbocycles. The predicted molar refractivity (Wildman–Crippen MR) is 42.8 cm³/mol. The molecule has 1 aliphatic rings. The van der Waals surface area contributed by atoms with E-state index in [4.69, 9.17) is 0 Å². The van der Waals surface area contributed by atoms with Crippen molar-refractivity contribution in [3.63, 3.8) is 0 Å². The van der Waals surface area contributed by atoms with Gasteiger partial charge in [0.15, 0.2) is 0 Å².